The molecule has 1 rings (SSSR count). The van der Waals surface area contributed by atoms with Crippen LogP contribution in [0.25, 0.3) is 23.9 Å². The molecule has 26 heavy (non-hydrogen) atoms. The highest BCUT2D eigenvalue weighted by atomic mass is 15.1. The van der Waals surface area contributed by atoms with E-state index in [1.807, 2.05) is 36.7 Å². The highest BCUT2D eigenvalue weighted by Gasteiger charge is 2.13. The maximum absolute atomic E-state index is 4.59. The average molecular weight is 340 g/mol. The molecule has 1 aromatic heterocycles. The van der Waals surface area contributed by atoms with Crippen molar-refractivity contribution in [3.8, 4) is 0 Å². The first kappa shape index (κ1) is 20.7. The summed E-state index contributed by atoms with van der Waals surface area (Å²) in [5.41, 5.74) is 2.81. The van der Waals surface area contributed by atoms with Crippen LogP contribution in [0.3, 0.4) is 0 Å². The third-order valence-corrected chi connectivity index (χ3v) is 3.57. The minimum absolute atomic E-state index is 0.738. The molecule has 3 heteroatoms. The van der Waals surface area contributed by atoms with Crippen LogP contribution in [-0.4, -0.2) is 18.6 Å². The highest BCUT2D eigenvalue weighted by molar-refractivity contribution is 6.24. The minimum atomic E-state index is 0.738. The molecule has 0 N–H and O–H groups in total. The summed E-state index contributed by atoms with van der Waals surface area (Å²) in [7, 11) is 1.99. The molecule has 0 aliphatic carbocycles. The Labute approximate surface area is 157 Å². The van der Waals surface area contributed by atoms with Gasteiger partial charge in [-0.25, -0.2) is 4.99 Å². The molecule has 0 aliphatic heterocycles. The Morgan fingerprint density at radius 3 is 2.12 bits per heavy atom. The van der Waals surface area contributed by atoms with E-state index in [9.17, 15) is 0 Å². The van der Waals surface area contributed by atoms with E-state index in [0.717, 1.165) is 33.1 Å². The van der Waals surface area contributed by atoms with Crippen molar-refractivity contribution in [2.45, 2.75) is 0 Å². The van der Waals surface area contributed by atoms with Crippen LogP contribution < -0.4 is 10.6 Å². The van der Waals surface area contributed by atoms with Crippen LogP contribution in [0.15, 0.2) is 92.5 Å². The van der Waals surface area contributed by atoms with Crippen LogP contribution in [-0.2, 0) is 0 Å². The van der Waals surface area contributed by atoms with Crippen molar-refractivity contribution in [1.29, 1.82) is 0 Å². The first-order valence-electron chi connectivity index (χ1n) is 8.21. The first-order chi connectivity index (χ1) is 12.6. The zero-order chi connectivity index (χ0) is 19.5. The molecule has 0 unspecified atom stereocenters. The van der Waals surface area contributed by atoms with Crippen molar-refractivity contribution in [2.75, 3.05) is 0 Å². The lowest BCUT2D eigenvalue weighted by Gasteiger charge is -2.10. The first-order valence-corrected chi connectivity index (χ1v) is 8.21. The Hall–Kier alpha value is -3.33. The van der Waals surface area contributed by atoms with Crippen LogP contribution in [0.4, 0.5) is 5.82 Å². The van der Waals surface area contributed by atoms with Crippen LogP contribution in [0, 0.1) is 0 Å². The van der Waals surface area contributed by atoms with Gasteiger partial charge in [0.2, 0.25) is 0 Å². The molecule has 0 spiro atoms. The molecule has 0 aliphatic rings. The van der Waals surface area contributed by atoms with Crippen molar-refractivity contribution >= 4 is 43.8 Å². The lowest BCUT2D eigenvalue weighted by atomic mass is 9.95. The number of hydrogen-bond donors (Lipinski definition) is 0. The van der Waals surface area contributed by atoms with E-state index in [1.165, 1.54) is 0 Å². The topological polar surface area (TPSA) is 17.3 Å². The Morgan fingerprint density at radius 2 is 1.62 bits per heavy atom. The molecular weight excluding hydrogens is 315 g/mol. The fourth-order valence-corrected chi connectivity index (χ4v) is 2.50. The maximum atomic E-state index is 4.59. The van der Waals surface area contributed by atoms with Gasteiger partial charge in [0.1, 0.15) is 13.7 Å². The van der Waals surface area contributed by atoms with Gasteiger partial charge < -0.3 is 0 Å². The maximum Gasteiger partial charge on any atom is 0.145 e. The number of hydrogen-bond acceptors (Lipinski definition) is 1. The van der Waals surface area contributed by atoms with E-state index in [-0.39, 0.29) is 0 Å². The second-order valence-electron chi connectivity index (χ2n) is 5.31. The molecule has 1 heterocycles. The van der Waals surface area contributed by atoms with Gasteiger partial charge in [0.25, 0.3) is 0 Å². The Balaban J connectivity index is 4.24. The molecule has 1 aromatic rings. The standard InChI is InChI=1S/C23H25BN2/c1-7-13-19(17-18(24)11-5)26-22(15-9-3)21(14-8-2)20(12-6)23(26)25-16-10-4/h7-17H,1-6,24H2/b18-17+,19-13+,21-14-,22-15+,25-16-. The molecule has 0 fully saturated rings. The number of aliphatic imine (C=N–C) groups is 1. The highest BCUT2D eigenvalue weighted by Crippen LogP contribution is 2.22. The van der Waals surface area contributed by atoms with Crippen LogP contribution in [0.5, 0.6) is 0 Å². The molecule has 0 saturated carbocycles. The quantitative estimate of drug-likeness (QED) is 0.371. The minimum Gasteiger partial charge on any atom is -0.294 e. The van der Waals surface area contributed by atoms with Gasteiger partial charge in [-0.3, -0.25) is 4.57 Å². The van der Waals surface area contributed by atoms with Gasteiger partial charge in [0.05, 0.1) is 5.35 Å². The fourth-order valence-electron chi connectivity index (χ4n) is 2.50. The van der Waals surface area contributed by atoms with Crippen LogP contribution >= 0.6 is 0 Å². The number of rotatable bonds is 9. The molecule has 0 saturated heterocycles. The summed E-state index contributed by atoms with van der Waals surface area (Å²) in [5.74, 6) is 0.738. The van der Waals surface area contributed by atoms with Gasteiger partial charge in [-0.05, 0) is 18.2 Å². The summed E-state index contributed by atoms with van der Waals surface area (Å²) in [6.07, 6.45) is 19.9. The summed E-state index contributed by atoms with van der Waals surface area (Å²) in [4.78, 5) is 4.59. The zero-order valence-corrected chi connectivity index (χ0v) is 15.5. The molecule has 0 radical (unpaired) electrons. The Morgan fingerprint density at radius 1 is 0.923 bits per heavy atom. The summed E-state index contributed by atoms with van der Waals surface area (Å²) in [6, 6.07) is 0. The molecule has 2 nitrogen and oxygen atoms in total. The SMILES string of the molecule is B/C(C=C)=C/C(=C\C=C)n1c(/N=C\C=C)c(C=C)c(=C/C=C)/c1=C\C=C. The average Bonchev–Trinajstić information content (AvgIpc) is 2.92. The molecular formula is C23H25BN2. The van der Waals surface area contributed by atoms with E-state index in [0.29, 0.717) is 0 Å². The van der Waals surface area contributed by atoms with Crippen molar-refractivity contribution in [1.82, 2.24) is 4.57 Å². The van der Waals surface area contributed by atoms with Crippen LogP contribution in [0.1, 0.15) is 5.56 Å². The summed E-state index contributed by atoms with van der Waals surface area (Å²) in [6.45, 7) is 23.0. The van der Waals surface area contributed by atoms with Crippen molar-refractivity contribution in [2.24, 2.45) is 4.99 Å². The lowest BCUT2D eigenvalue weighted by molar-refractivity contribution is 1.06. The van der Waals surface area contributed by atoms with Crippen LogP contribution in [0.2, 0.25) is 0 Å². The summed E-state index contributed by atoms with van der Waals surface area (Å²) < 4.78 is 2.03. The molecule has 130 valence electrons. The fraction of sp³-hybridized carbons (Fsp3) is 0. The van der Waals surface area contributed by atoms with E-state index in [4.69, 9.17) is 0 Å². The zero-order valence-electron chi connectivity index (χ0n) is 15.5. The molecule has 0 atom stereocenters. The molecule has 0 bridgehead atoms. The number of nitrogens with zero attached hydrogens (tertiary/aromatic N) is 2. The van der Waals surface area contributed by atoms with Crippen molar-refractivity contribution < 1.29 is 0 Å². The third kappa shape index (κ3) is 4.61. The van der Waals surface area contributed by atoms with E-state index >= 15 is 0 Å². The summed E-state index contributed by atoms with van der Waals surface area (Å²) >= 11 is 0. The van der Waals surface area contributed by atoms with Gasteiger partial charge in [0, 0.05) is 22.7 Å². The normalized spacial score (nSPS) is 13.7. The Kier molecular flexibility index (Phi) is 8.38. The predicted molar refractivity (Wildman–Crippen MR) is 123 cm³/mol. The second kappa shape index (κ2) is 10.5. The monoisotopic (exact) mass is 340 g/mol. The Bertz CT molecular complexity index is 947. The second-order valence-corrected chi connectivity index (χ2v) is 5.31. The van der Waals surface area contributed by atoms with Crippen molar-refractivity contribution in [3.63, 3.8) is 0 Å². The van der Waals surface area contributed by atoms with Crippen molar-refractivity contribution in [3.05, 3.63) is 104 Å². The largest absolute Gasteiger partial charge is 0.294 e. The van der Waals surface area contributed by atoms with E-state index in [2.05, 4.69) is 44.5 Å². The predicted octanol–water partition coefficient (Wildman–Crippen LogP) is 3.68. The number of aromatic nitrogens is 1. The smallest absolute Gasteiger partial charge is 0.145 e. The van der Waals surface area contributed by atoms with Gasteiger partial charge in [-0.15, -0.1) is 0 Å². The molecule has 0 aromatic carbocycles. The van der Waals surface area contributed by atoms with Gasteiger partial charge in [-0.1, -0.05) is 87.5 Å². The molecule has 0 amide bonds. The van der Waals surface area contributed by atoms with Gasteiger partial charge in [0.15, 0.2) is 0 Å². The van der Waals surface area contributed by atoms with E-state index < -0.39 is 0 Å². The van der Waals surface area contributed by atoms with Gasteiger partial charge in [-0.2, -0.15) is 0 Å². The van der Waals surface area contributed by atoms with Gasteiger partial charge >= 0.3 is 0 Å². The van der Waals surface area contributed by atoms with E-state index in [1.54, 1.807) is 42.7 Å². The summed E-state index contributed by atoms with van der Waals surface area (Å²) in [5, 5.41) is 1.89. The lowest BCUT2D eigenvalue weighted by Crippen LogP contribution is -2.29. The number of allylic oxidation sites excluding steroid dienone is 9. The third-order valence-electron chi connectivity index (χ3n) is 3.57.